The molecule has 0 spiro atoms. The highest BCUT2D eigenvalue weighted by atomic mass is 16.6. The second kappa shape index (κ2) is 6.29. The molecule has 4 heteroatoms. The third kappa shape index (κ3) is 3.80. The highest BCUT2D eigenvalue weighted by Crippen LogP contribution is 2.30. The van der Waals surface area contributed by atoms with Crippen molar-refractivity contribution in [1.82, 2.24) is 10.2 Å². The molecule has 2 rings (SSSR count). The van der Waals surface area contributed by atoms with Crippen LogP contribution in [-0.2, 0) is 4.74 Å². The molecule has 0 aromatic heterocycles. The Morgan fingerprint density at radius 3 is 2.36 bits per heavy atom. The zero-order chi connectivity index (χ0) is 16.5. The van der Waals surface area contributed by atoms with Gasteiger partial charge in [-0.15, -0.1) is 0 Å². The highest BCUT2D eigenvalue weighted by molar-refractivity contribution is 5.69. The molecule has 1 aliphatic heterocycles. The van der Waals surface area contributed by atoms with Crippen LogP contribution in [0.3, 0.4) is 0 Å². The van der Waals surface area contributed by atoms with Gasteiger partial charge in [-0.25, -0.2) is 4.79 Å². The first-order valence-corrected chi connectivity index (χ1v) is 7.97. The smallest absolute Gasteiger partial charge is 0.410 e. The van der Waals surface area contributed by atoms with Crippen molar-refractivity contribution in [3.63, 3.8) is 0 Å². The molecule has 22 heavy (non-hydrogen) atoms. The molecule has 0 bridgehead atoms. The largest absolute Gasteiger partial charge is 0.444 e. The van der Waals surface area contributed by atoms with Gasteiger partial charge in [0.05, 0.1) is 6.04 Å². The fraction of sp³-hybridized carbons (Fsp3) is 0.611. The summed E-state index contributed by atoms with van der Waals surface area (Å²) in [6.07, 6.45) is -0.224. The predicted octanol–water partition coefficient (Wildman–Crippen LogP) is 3.49. The molecule has 1 aromatic rings. The quantitative estimate of drug-likeness (QED) is 0.863. The average molecular weight is 304 g/mol. The van der Waals surface area contributed by atoms with Crippen LogP contribution in [0.2, 0.25) is 0 Å². The van der Waals surface area contributed by atoms with Crippen molar-refractivity contribution >= 4 is 6.09 Å². The molecule has 4 nitrogen and oxygen atoms in total. The Kier molecular flexibility index (Phi) is 4.81. The van der Waals surface area contributed by atoms with Crippen molar-refractivity contribution in [3.05, 3.63) is 34.4 Å². The summed E-state index contributed by atoms with van der Waals surface area (Å²) >= 11 is 0. The normalized spacial score (nSPS) is 19.2. The van der Waals surface area contributed by atoms with Gasteiger partial charge in [-0.3, -0.25) is 4.90 Å². The molecule has 1 aliphatic rings. The maximum Gasteiger partial charge on any atom is 0.410 e. The van der Waals surface area contributed by atoms with Crippen LogP contribution in [0.25, 0.3) is 0 Å². The number of aryl methyl sites for hydroxylation is 3. The molecule has 1 unspecified atom stereocenters. The third-order valence-electron chi connectivity index (χ3n) is 3.94. The van der Waals surface area contributed by atoms with Crippen LogP contribution in [0.4, 0.5) is 4.79 Å². The Balaban J connectivity index is 2.33. The topological polar surface area (TPSA) is 41.6 Å². The molecule has 122 valence electrons. The van der Waals surface area contributed by atoms with Crippen LogP contribution < -0.4 is 5.32 Å². The van der Waals surface area contributed by atoms with Crippen LogP contribution in [-0.4, -0.2) is 36.2 Å². The number of hydrogen-bond donors (Lipinski definition) is 1. The summed E-state index contributed by atoms with van der Waals surface area (Å²) in [5.74, 6) is 0. The highest BCUT2D eigenvalue weighted by Gasteiger charge is 2.32. The number of amides is 1. The molecule has 1 fully saturated rings. The van der Waals surface area contributed by atoms with Crippen molar-refractivity contribution in [2.75, 3.05) is 19.6 Å². The Morgan fingerprint density at radius 2 is 1.82 bits per heavy atom. The number of hydrogen-bond acceptors (Lipinski definition) is 3. The van der Waals surface area contributed by atoms with Gasteiger partial charge in [-0.2, -0.15) is 0 Å². The van der Waals surface area contributed by atoms with Gasteiger partial charge in [0.25, 0.3) is 0 Å². The van der Waals surface area contributed by atoms with Crippen LogP contribution in [0, 0.1) is 20.8 Å². The first kappa shape index (κ1) is 16.8. The summed E-state index contributed by atoms with van der Waals surface area (Å²) in [6, 6.07) is 4.40. The number of ether oxygens (including phenoxy) is 1. The Hall–Kier alpha value is -1.55. The van der Waals surface area contributed by atoms with Crippen molar-refractivity contribution in [2.24, 2.45) is 0 Å². The summed E-state index contributed by atoms with van der Waals surface area (Å²) in [4.78, 5) is 14.4. The van der Waals surface area contributed by atoms with E-state index < -0.39 is 5.60 Å². The van der Waals surface area contributed by atoms with Gasteiger partial charge in [-0.1, -0.05) is 17.7 Å². The number of carbonyl (C=O) groups is 1. The minimum atomic E-state index is -0.468. The van der Waals surface area contributed by atoms with Gasteiger partial charge in [-0.05, 0) is 58.2 Å². The van der Waals surface area contributed by atoms with E-state index in [1.54, 1.807) is 0 Å². The predicted molar refractivity (Wildman–Crippen MR) is 89.2 cm³/mol. The number of rotatable bonds is 1. The maximum atomic E-state index is 12.6. The fourth-order valence-electron chi connectivity index (χ4n) is 3.22. The monoisotopic (exact) mass is 304 g/mol. The first-order chi connectivity index (χ1) is 10.2. The number of carbonyl (C=O) groups excluding carboxylic acids is 1. The first-order valence-electron chi connectivity index (χ1n) is 7.97. The van der Waals surface area contributed by atoms with Crippen LogP contribution >= 0.6 is 0 Å². The van der Waals surface area contributed by atoms with E-state index in [0.29, 0.717) is 6.54 Å². The number of piperazine rings is 1. The minimum Gasteiger partial charge on any atom is -0.444 e. The summed E-state index contributed by atoms with van der Waals surface area (Å²) in [5, 5.41) is 3.40. The van der Waals surface area contributed by atoms with Crippen molar-refractivity contribution in [2.45, 2.75) is 53.2 Å². The van der Waals surface area contributed by atoms with E-state index >= 15 is 0 Å². The van der Waals surface area contributed by atoms with Gasteiger partial charge in [0, 0.05) is 19.6 Å². The van der Waals surface area contributed by atoms with E-state index in [9.17, 15) is 4.79 Å². The number of benzene rings is 1. The average Bonchev–Trinajstić information content (AvgIpc) is 2.36. The second-order valence-corrected chi connectivity index (χ2v) is 7.21. The summed E-state index contributed by atoms with van der Waals surface area (Å²) in [6.45, 7) is 14.3. The van der Waals surface area contributed by atoms with E-state index in [4.69, 9.17) is 4.74 Å². The van der Waals surface area contributed by atoms with E-state index in [1.165, 1.54) is 22.3 Å². The third-order valence-corrected chi connectivity index (χ3v) is 3.94. The molecule has 0 saturated carbocycles. The molecule has 1 N–H and O–H groups in total. The van der Waals surface area contributed by atoms with E-state index in [2.05, 4.69) is 38.2 Å². The lowest BCUT2D eigenvalue weighted by atomic mass is 9.92. The lowest BCUT2D eigenvalue weighted by Crippen LogP contribution is -2.50. The Labute approximate surface area is 133 Å². The SMILES string of the molecule is Cc1cc(C)c(C2CNCCN2C(=O)OC(C)(C)C)c(C)c1. The van der Waals surface area contributed by atoms with Crippen molar-refractivity contribution in [3.8, 4) is 0 Å². The number of nitrogens with one attached hydrogen (secondary N) is 1. The molecule has 1 atom stereocenters. The molecule has 1 saturated heterocycles. The lowest BCUT2D eigenvalue weighted by molar-refractivity contribution is 0.0117. The Bertz CT molecular complexity index is 538. The van der Waals surface area contributed by atoms with Gasteiger partial charge < -0.3 is 10.1 Å². The lowest BCUT2D eigenvalue weighted by Gasteiger charge is -2.38. The van der Waals surface area contributed by atoms with Crippen LogP contribution in [0.15, 0.2) is 12.1 Å². The zero-order valence-corrected chi connectivity index (χ0v) is 14.6. The van der Waals surface area contributed by atoms with Gasteiger partial charge >= 0.3 is 6.09 Å². The maximum absolute atomic E-state index is 12.6. The molecule has 1 heterocycles. The molecule has 1 amide bonds. The Morgan fingerprint density at radius 1 is 1.23 bits per heavy atom. The van der Waals surface area contributed by atoms with Gasteiger partial charge in [0.15, 0.2) is 0 Å². The van der Waals surface area contributed by atoms with E-state index in [1.807, 2.05) is 25.7 Å². The van der Waals surface area contributed by atoms with E-state index in [0.717, 1.165) is 13.1 Å². The summed E-state index contributed by atoms with van der Waals surface area (Å²) in [7, 11) is 0. The van der Waals surface area contributed by atoms with Gasteiger partial charge in [0.2, 0.25) is 0 Å². The fourth-order valence-corrected chi connectivity index (χ4v) is 3.22. The van der Waals surface area contributed by atoms with Crippen LogP contribution in [0.1, 0.15) is 49.1 Å². The van der Waals surface area contributed by atoms with Crippen molar-refractivity contribution < 1.29 is 9.53 Å². The number of nitrogens with zero attached hydrogens (tertiary/aromatic N) is 1. The molecule has 1 aromatic carbocycles. The van der Waals surface area contributed by atoms with Gasteiger partial charge in [0.1, 0.15) is 5.60 Å². The molecular weight excluding hydrogens is 276 g/mol. The second-order valence-electron chi connectivity index (χ2n) is 7.21. The molecular formula is C18H28N2O2. The van der Waals surface area contributed by atoms with Crippen molar-refractivity contribution in [1.29, 1.82) is 0 Å². The standard InChI is InChI=1S/C18H28N2O2/c1-12-9-13(2)16(14(3)10-12)15-11-19-7-8-20(15)17(21)22-18(4,5)6/h9-10,15,19H,7-8,11H2,1-6H3. The minimum absolute atomic E-state index is 0.0317. The van der Waals surface area contributed by atoms with E-state index in [-0.39, 0.29) is 12.1 Å². The zero-order valence-electron chi connectivity index (χ0n) is 14.6. The molecule has 0 radical (unpaired) electrons. The molecule has 0 aliphatic carbocycles. The summed E-state index contributed by atoms with van der Waals surface area (Å²) < 4.78 is 5.59. The van der Waals surface area contributed by atoms with Crippen LogP contribution in [0.5, 0.6) is 0 Å². The summed E-state index contributed by atoms with van der Waals surface area (Å²) in [5.41, 5.74) is 4.50.